The molecule has 64 heavy (non-hydrogen) atoms. The first-order valence-electron chi connectivity index (χ1n) is 24.6. The fourth-order valence-electron chi connectivity index (χ4n) is 13.1. The lowest BCUT2D eigenvalue weighted by atomic mass is 9.69. The third kappa shape index (κ3) is 5.94. The molecule has 6 heteroatoms. The molecule has 1 fully saturated rings. The first kappa shape index (κ1) is 40.6. The molecule has 7 atom stereocenters. The summed E-state index contributed by atoms with van der Waals surface area (Å²) in [5.74, 6) is 0.709. The maximum absolute atomic E-state index is 7.67. The van der Waals surface area contributed by atoms with Crippen molar-refractivity contribution in [3.8, 4) is 0 Å². The molecule has 7 unspecified atom stereocenters. The third-order valence-corrected chi connectivity index (χ3v) is 19.6. The number of rotatable bonds is 5. The second-order valence-corrected chi connectivity index (χ2v) is 24.3. The van der Waals surface area contributed by atoms with Crippen molar-refractivity contribution < 1.29 is 4.42 Å². The molecule has 3 aliphatic heterocycles. The molecule has 5 nitrogen and oxygen atoms in total. The van der Waals surface area contributed by atoms with Crippen LogP contribution in [0.25, 0.3) is 28.5 Å². The lowest BCUT2D eigenvalue weighted by Gasteiger charge is -2.39. The third-order valence-electron chi connectivity index (χ3n) is 17.0. The molecular formula is C58H67N4OP. The summed E-state index contributed by atoms with van der Waals surface area (Å²) in [4.78, 5) is 7.41. The second-order valence-electron chi connectivity index (χ2n) is 22.2. The average Bonchev–Trinajstić information content (AvgIpc) is 4.06. The zero-order chi connectivity index (χ0) is 43.9. The lowest BCUT2D eigenvalue weighted by Crippen LogP contribution is -2.42. The van der Waals surface area contributed by atoms with Crippen LogP contribution in [0.15, 0.2) is 136 Å². The van der Waals surface area contributed by atoms with Gasteiger partial charge in [0.05, 0.1) is 28.6 Å². The molecule has 0 spiro atoms. The normalized spacial score (nSPS) is 27.8. The molecule has 1 aromatic carbocycles. The Hall–Kier alpha value is -4.86. The summed E-state index contributed by atoms with van der Waals surface area (Å²) in [7, 11) is -1.06. The van der Waals surface area contributed by atoms with Gasteiger partial charge in [-0.3, -0.25) is 4.16 Å². The predicted molar refractivity (Wildman–Crippen MR) is 268 cm³/mol. The Morgan fingerprint density at radius 3 is 2.30 bits per heavy atom. The van der Waals surface area contributed by atoms with E-state index in [9.17, 15) is 0 Å². The van der Waals surface area contributed by atoms with Crippen molar-refractivity contribution in [2.45, 2.75) is 149 Å². The van der Waals surface area contributed by atoms with Gasteiger partial charge >= 0.3 is 0 Å². The van der Waals surface area contributed by atoms with Gasteiger partial charge < -0.3 is 18.8 Å². The number of hydrogen-bond donors (Lipinski definition) is 0. The van der Waals surface area contributed by atoms with Crippen LogP contribution >= 0.6 is 7.69 Å². The van der Waals surface area contributed by atoms with Crippen LogP contribution in [0.4, 0.5) is 0 Å². The van der Waals surface area contributed by atoms with E-state index >= 15 is 0 Å². The minimum Gasteiger partial charge on any atom is -0.456 e. The molecule has 12 rings (SSSR count). The van der Waals surface area contributed by atoms with Crippen LogP contribution in [0.5, 0.6) is 0 Å². The van der Waals surface area contributed by atoms with Gasteiger partial charge in [-0.1, -0.05) is 139 Å². The van der Waals surface area contributed by atoms with E-state index in [1.165, 1.54) is 61.8 Å². The maximum atomic E-state index is 7.67. The molecule has 1 saturated heterocycles. The Morgan fingerprint density at radius 1 is 0.781 bits per heavy atom. The van der Waals surface area contributed by atoms with Gasteiger partial charge in [0.15, 0.2) is 5.91 Å². The largest absolute Gasteiger partial charge is 0.456 e. The number of fused-ring (bicyclic) bond motifs is 12. The first-order valence-corrected chi connectivity index (χ1v) is 26.0. The number of aromatic nitrogens is 2. The van der Waals surface area contributed by atoms with Gasteiger partial charge in [0.1, 0.15) is 16.6 Å². The summed E-state index contributed by atoms with van der Waals surface area (Å²) in [6.45, 7) is 19.4. The minimum atomic E-state index is -1.06. The van der Waals surface area contributed by atoms with Crippen LogP contribution in [-0.2, 0) is 5.41 Å². The number of allylic oxidation sites excluding steroid dienone is 17. The van der Waals surface area contributed by atoms with Gasteiger partial charge in [0, 0.05) is 42.2 Å². The Labute approximate surface area is 381 Å². The van der Waals surface area contributed by atoms with Crippen molar-refractivity contribution in [2.75, 3.05) is 0 Å². The molecule has 0 saturated carbocycles. The SMILES string of the molecule is Cc1c2ccc3c1n(c1cc(C(C)(C)C4=CCCC=C4)cn1p1c4c(o2)=CC(C(C)(C)C2=CCCC=C2)CC=4N2C4CCC=CC4N(C4=CC=C(C(C)(C)C)CC4)C21)C1C=CC=CC31. The zero-order valence-electron chi connectivity index (χ0n) is 39.4. The summed E-state index contributed by atoms with van der Waals surface area (Å²) >= 11 is 0. The molecule has 6 aliphatic carbocycles. The molecule has 0 radical (unpaired) electrons. The highest BCUT2D eigenvalue weighted by Crippen LogP contribution is 2.60. The summed E-state index contributed by atoms with van der Waals surface area (Å²) < 4.78 is 13.3. The minimum absolute atomic E-state index is 0.0670. The van der Waals surface area contributed by atoms with Crippen molar-refractivity contribution in [2.24, 2.45) is 16.7 Å². The van der Waals surface area contributed by atoms with Crippen LogP contribution in [-0.4, -0.2) is 30.6 Å². The molecule has 0 N–H and O–H groups in total. The molecule has 2 bridgehead atoms. The van der Waals surface area contributed by atoms with Crippen molar-refractivity contribution in [3.63, 3.8) is 0 Å². The Bertz CT molecular complexity index is 3030. The van der Waals surface area contributed by atoms with Crippen molar-refractivity contribution in [1.82, 2.24) is 18.5 Å². The monoisotopic (exact) mass is 867 g/mol. The summed E-state index contributed by atoms with van der Waals surface area (Å²) in [6, 6.07) is 8.21. The van der Waals surface area contributed by atoms with E-state index in [1.54, 1.807) is 5.57 Å². The van der Waals surface area contributed by atoms with E-state index < -0.39 is 7.69 Å². The van der Waals surface area contributed by atoms with Crippen molar-refractivity contribution >= 4 is 36.2 Å². The summed E-state index contributed by atoms with van der Waals surface area (Å²) in [6.07, 6.45) is 49.4. The van der Waals surface area contributed by atoms with Gasteiger partial charge in [0.2, 0.25) is 0 Å². The number of hydrogen-bond acceptors (Lipinski definition) is 3. The highest BCUT2D eigenvalue weighted by molar-refractivity contribution is 7.46. The maximum Gasteiger partial charge on any atom is 0.158 e. The standard InChI is InChI=1S/C58H67N4OP/c1-37-50-32-31-45-44-23-15-16-24-46(44)62(53(37)45)52-35-42(58(7,8)40-21-13-10-14-22-40)36-59(52)64-54-49(33-41(34-51(54)63-50)57(5,6)39-19-11-9-12-20-39)61-48-26-18-17-25-47(48)60(55(61)64)43-29-27-38(28-30-43)56(2,3)4/h11,13,15-17,19-25,27,29,31-32,34-36,41,44,46-48,55H,9-10,12,14,18,26,28,30,33H2,1-8H3. The van der Waals surface area contributed by atoms with Crippen LogP contribution in [0, 0.1) is 23.7 Å². The number of nitrogens with zero attached hydrogens (tertiary/aromatic N) is 4. The average molecular weight is 867 g/mol. The highest BCUT2D eigenvalue weighted by atomic mass is 31.1. The lowest BCUT2D eigenvalue weighted by molar-refractivity contribution is 0.237. The van der Waals surface area contributed by atoms with Gasteiger partial charge in [-0.05, 0) is 128 Å². The number of aryl methyl sites for hydroxylation is 1. The van der Waals surface area contributed by atoms with Gasteiger partial charge in [-0.15, -0.1) is 0 Å². The topological polar surface area (TPSA) is 29.0 Å². The zero-order valence-corrected chi connectivity index (χ0v) is 40.3. The molecule has 5 heterocycles. The van der Waals surface area contributed by atoms with Crippen LogP contribution in [0.2, 0.25) is 0 Å². The van der Waals surface area contributed by atoms with E-state index in [0.29, 0.717) is 12.1 Å². The molecular weight excluding hydrogens is 800 g/mol. The summed E-state index contributed by atoms with van der Waals surface area (Å²) in [5, 5.41) is 0. The Morgan fingerprint density at radius 2 is 1.56 bits per heavy atom. The fourth-order valence-corrected chi connectivity index (χ4v) is 16.3. The molecule has 9 aliphatic rings. The number of benzene rings is 1. The van der Waals surface area contributed by atoms with E-state index in [1.807, 2.05) is 0 Å². The molecule has 3 aromatic rings. The van der Waals surface area contributed by atoms with Crippen molar-refractivity contribution in [1.29, 1.82) is 0 Å². The van der Waals surface area contributed by atoms with Crippen LogP contribution < -0.4 is 10.4 Å². The summed E-state index contributed by atoms with van der Waals surface area (Å²) in [5.41, 5.74) is 16.2. The molecule has 0 amide bonds. The second kappa shape index (κ2) is 14.6. The molecule has 330 valence electrons. The van der Waals surface area contributed by atoms with Crippen molar-refractivity contribution in [3.05, 3.63) is 159 Å². The van der Waals surface area contributed by atoms with E-state index in [2.05, 4.69) is 189 Å². The predicted octanol–water partition coefficient (Wildman–Crippen LogP) is 13.8. The first-order chi connectivity index (χ1) is 30.8. The van der Waals surface area contributed by atoms with Gasteiger partial charge in [0.25, 0.3) is 0 Å². The van der Waals surface area contributed by atoms with Crippen LogP contribution in [0.1, 0.15) is 141 Å². The Kier molecular flexibility index (Phi) is 9.25. The fraction of sp³-hybridized carbons (Fsp3) is 0.448. The Balaban J connectivity index is 1.23. The van der Waals surface area contributed by atoms with E-state index in [4.69, 9.17) is 4.42 Å². The highest BCUT2D eigenvalue weighted by Gasteiger charge is 2.54. The molecule has 2 aromatic heterocycles. The van der Waals surface area contributed by atoms with Crippen LogP contribution in [0.3, 0.4) is 0 Å². The van der Waals surface area contributed by atoms with Gasteiger partial charge in [-0.25, -0.2) is 0 Å². The quantitative estimate of drug-likeness (QED) is 0.239. The smallest absolute Gasteiger partial charge is 0.158 e. The van der Waals surface area contributed by atoms with E-state index in [-0.39, 0.29) is 40.0 Å². The van der Waals surface area contributed by atoms with Gasteiger partial charge in [-0.2, -0.15) is 0 Å². The van der Waals surface area contributed by atoms with E-state index in [0.717, 1.165) is 62.4 Å².